The molecule has 0 radical (unpaired) electrons. The van der Waals surface area contributed by atoms with E-state index in [0.717, 1.165) is 29.0 Å². The predicted octanol–water partition coefficient (Wildman–Crippen LogP) is 2.33. The van der Waals surface area contributed by atoms with Crippen LogP contribution in [0.25, 0.3) is 11.1 Å². The lowest BCUT2D eigenvalue weighted by atomic mass is 10.1. The first-order chi connectivity index (χ1) is 12.0. The second kappa shape index (κ2) is 6.95. The monoisotopic (exact) mass is 378 g/mol. The first-order valence-electron chi connectivity index (χ1n) is 7.59. The number of benzene rings is 1. The molecule has 0 aliphatic carbocycles. The van der Waals surface area contributed by atoms with Gasteiger partial charge in [-0.25, -0.2) is 13.4 Å². The number of sulfone groups is 1. The Balaban J connectivity index is 2.10. The summed E-state index contributed by atoms with van der Waals surface area (Å²) in [4.78, 5) is 4.19. The van der Waals surface area contributed by atoms with Crippen molar-refractivity contribution in [2.75, 3.05) is 7.11 Å². The lowest BCUT2D eigenvalue weighted by Gasteiger charge is -2.08. The highest BCUT2D eigenvalue weighted by Crippen LogP contribution is 2.32. The Morgan fingerprint density at radius 1 is 1.24 bits per heavy atom. The summed E-state index contributed by atoms with van der Waals surface area (Å²) < 4.78 is 33.1. The van der Waals surface area contributed by atoms with Crippen molar-refractivity contribution in [3.63, 3.8) is 0 Å². The van der Waals surface area contributed by atoms with Gasteiger partial charge in [0.1, 0.15) is 15.0 Å². The minimum atomic E-state index is -3.70. The molecule has 0 bridgehead atoms. The maximum Gasteiger partial charge on any atom is 0.217 e. The number of thiazole rings is 1. The van der Waals surface area contributed by atoms with Gasteiger partial charge in [0.2, 0.25) is 9.84 Å². The van der Waals surface area contributed by atoms with Crippen molar-refractivity contribution < 1.29 is 13.2 Å². The van der Waals surface area contributed by atoms with E-state index in [0.29, 0.717) is 10.8 Å². The van der Waals surface area contributed by atoms with Gasteiger partial charge in [0.25, 0.3) is 0 Å². The molecule has 3 rings (SSSR count). The summed E-state index contributed by atoms with van der Waals surface area (Å²) in [6, 6.07) is 4.91. The fraction of sp³-hybridized carbons (Fsp3) is 0.250. The Kier molecular flexibility index (Phi) is 4.89. The fourth-order valence-electron chi connectivity index (χ4n) is 2.33. The van der Waals surface area contributed by atoms with Gasteiger partial charge >= 0.3 is 0 Å². The second-order valence-corrected chi connectivity index (χ2v) is 8.55. The van der Waals surface area contributed by atoms with Gasteiger partial charge in [0.15, 0.2) is 0 Å². The van der Waals surface area contributed by atoms with Crippen molar-refractivity contribution in [3.8, 4) is 16.9 Å². The SMILES string of the molecule is CCn1cc(-c2cc(OC)cc(S(=O)(=O)c3cnc(CN)s3)c2)cn1. The molecule has 1 aromatic carbocycles. The summed E-state index contributed by atoms with van der Waals surface area (Å²) in [7, 11) is -2.19. The average molecular weight is 378 g/mol. The molecule has 0 spiro atoms. The van der Waals surface area contributed by atoms with E-state index in [2.05, 4.69) is 10.1 Å². The quantitative estimate of drug-likeness (QED) is 0.706. The molecular weight excluding hydrogens is 360 g/mol. The van der Waals surface area contributed by atoms with Crippen LogP contribution in [0, 0.1) is 0 Å². The first-order valence-corrected chi connectivity index (χ1v) is 9.89. The summed E-state index contributed by atoms with van der Waals surface area (Å²) in [5.41, 5.74) is 7.08. The molecule has 0 saturated carbocycles. The van der Waals surface area contributed by atoms with Crippen molar-refractivity contribution in [3.05, 3.63) is 41.8 Å². The molecule has 25 heavy (non-hydrogen) atoms. The normalized spacial score (nSPS) is 11.6. The summed E-state index contributed by atoms with van der Waals surface area (Å²) >= 11 is 1.08. The first kappa shape index (κ1) is 17.6. The van der Waals surface area contributed by atoms with Gasteiger partial charge in [-0.05, 0) is 30.7 Å². The third kappa shape index (κ3) is 3.44. The van der Waals surface area contributed by atoms with Crippen LogP contribution in [0.5, 0.6) is 5.75 Å². The smallest absolute Gasteiger partial charge is 0.217 e. The van der Waals surface area contributed by atoms with Crippen molar-refractivity contribution in [2.24, 2.45) is 5.73 Å². The molecule has 9 heteroatoms. The van der Waals surface area contributed by atoms with Gasteiger partial charge < -0.3 is 10.5 Å². The molecule has 132 valence electrons. The van der Waals surface area contributed by atoms with Gasteiger partial charge in [-0.3, -0.25) is 4.68 Å². The molecule has 2 heterocycles. The third-order valence-electron chi connectivity index (χ3n) is 3.69. The Morgan fingerprint density at radius 3 is 2.64 bits per heavy atom. The molecule has 0 aliphatic heterocycles. The lowest BCUT2D eigenvalue weighted by Crippen LogP contribution is -2.01. The van der Waals surface area contributed by atoms with Gasteiger partial charge in [-0.2, -0.15) is 5.10 Å². The molecule has 0 atom stereocenters. The van der Waals surface area contributed by atoms with Gasteiger partial charge in [-0.1, -0.05) is 0 Å². The van der Waals surface area contributed by atoms with E-state index >= 15 is 0 Å². The molecule has 2 N–H and O–H groups in total. The van der Waals surface area contributed by atoms with E-state index in [1.54, 1.807) is 23.0 Å². The zero-order valence-corrected chi connectivity index (χ0v) is 15.5. The largest absolute Gasteiger partial charge is 0.497 e. The fourth-order valence-corrected chi connectivity index (χ4v) is 4.84. The average Bonchev–Trinajstić information content (AvgIpc) is 3.30. The molecule has 0 amide bonds. The second-order valence-electron chi connectivity index (χ2n) is 5.26. The minimum Gasteiger partial charge on any atom is -0.497 e. The maximum absolute atomic E-state index is 12.9. The van der Waals surface area contributed by atoms with Crippen molar-refractivity contribution >= 4 is 21.2 Å². The summed E-state index contributed by atoms with van der Waals surface area (Å²) in [6.07, 6.45) is 4.91. The van der Waals surface area contributed by atoms with E-state index in [-0.39, 0.29) is 15.6 Å². The highest BCUT2D eigenvalue weighted by atomic mass is 32.2. The number of methoxy groups -OCH3 is 1. The molecule has 7 nitrogen and oxygen atoms in total. The minimum absolute atomic E-state index is 0.151. The number of ether oxygens (including phenoxy) is 1. The van der Waals surface area contributed by atoms with Crippen LogP contribution >= 0.6 is 11.3 Å². The van der Waals surface area contributed by atoms with Gasteiger partial charge in [-0.15, -0.1) is 11.3 Å². The molecule has 3 aromatic rings. The Morgan fingerprint density at radius 2 is 2.04 bits per heavy atom. The standard InChI is InChI=1S/C16H18N4O3S2/c1-3-20-10-12(8-19-20)11-4-13(23-2)6-14(5-11)25(21,22)16-9-18-15(7-17)24-16/h4-6,8-10H,3,7,17H2,1-2H3. The Labute approximate surface area is 150 Å². The lowest BCUT2D eigenvalue weighted by molar-refractivity contribution is 0.413. The summed E-state index contributed by atoms with van der Waals surface area (Å²) in [6.45, 7) is 2.93. The number of nitrogens with two attached hydrogens (primary N) is 1. The zero-order valence-electron chi connectivity index (χ0n) is 13.8. The third-order valence-corrected chi connectivity index (χ3v) is 6.90. The molecule has 0 unspecified atom stereocenters. The van der Waals surface area contributed by atoms with Crippen LogP contribution in [0.3, 0.4) is 0 Å². The van der Waals surface area contributed by atoms with Crippen molar-refractivity contribution in [1.82, 2.24) is 14.8 Å². The number of aromatic nitrogens is 3. The topological polar surface area (TPSA) is 100 Å². The highest BCUT2D eigenvalue weighted by Gasteiger charge is 2.22. The molecular formula is C16H18N4O3S2. The van der Waals surface area contributed by atoms with E-state index in [1.165, 1.54) is 19.4 Å². The number of aryl methyl sites for hydroxylation is 1. The van der Waals surface area contributed by atoms with E-state index < -0.39 is 9.84 Å². The van der Waals surface area contributed by atoms with Crippen LogP contribution in [0.15, 0.2) is 45.9 Å². The van der Waals surface area contributed by atoms with Crippen LogP contribution in [0.4, 0.5) is 0 Å². The summed E-state index contributed by atoms with van der Waals surface area (Å²) in [5, 5.41) is 4.81. The molecule has 0 aliphatic rings. The molecule has 2 aromatic heterocycles. The van der Waals surface area contributed by atoms with E-state index in [4.69, 9.17) is 10.5 Å². The van der Waals surface area contributed by atoms with Crippen LogP contribution in [-0.2, 0) is 22.9 Å². The summed E-state index contributed by atoms with van der Waals surface area (Å²) in [5.74, 6) is 0.462. The molecule has 0 fully saturated rings. The number of hydrogen-bond acceptors (Lipinski definition) is 7. The number of hydrogen-bond donors (Lipinski definition) is 1. The molecule has 0 saturated heterocycles. The van der Waals surface area contributed by atoms with Crippen LogP contribution in [0.2, 0.25) is 0 Å². The van der Waals surface area contributed by atoms with Crippen LogP contribution in [0.1, 0.15) is 11.9 Å². The van der Waals surface area contributed by atoms with E-state index in [1.807, 2.05) is 13.1 Å². The van der Waals surface area contributed by atoms with Gasteiger partial charge in [0.05, 0.1) is 24.4 Å². The Hall–Kier alpha value is -2.23. The van der Waals surface area contributed by atoms with Crippen LogP contribution in [-0.4, -0.2) is 30.3 Å². The highest BCUT2D eigenvalue weighted by molar-refractivity contribution is 7.93. The van der Waals surface area contributed by atoms with Crippen molar-refractivity contribution in [2.45, 2.75) is 29.1 Å². The Bertz CT molecular complexity index is 992. The van der Waals surface area contributed by atoms with Gasteiger partial charge in [0, 0.05) is 24.8 Å². The zero-order chi connectivity index (χ0) is 18.0. The van der Waals surface area contributed by atoms with Crippen molar-refractivity contribution in [1.29, 1.82) is 0 Å². The maximum atomic E-state index is 12.9. The predicted molar refractivity (Wildman–Crippen MR) is 95.3 cm³/mol. The van der Waals surface area contributed by atoms with Crippen LogP contribution < -0.4 is 10.5 Å². The number of nitrogens with zero attached hydrogens (tertiary/aromatic N) is 3. The number of rotatable bonds is 6. The van der Waals surface area contributed by atoms with E-state index in [9.17, 15) is 8.42 Å².